The molecule has 472 valence electrons. The third kappa shape index (κ3) is 66.5. The second-order valence-electron chi connectivity index (χ2n) is 23.0. The first-order valence-electron chi connectivity index (χ1n) is 34.4. The van der Waals surface area contributed by atoms with E-state index in [4.69, 9.17) is 24.3 Å². The van der Waals surface area contributed by atoms with Gasteiger partial charge in [-0.1, -0.05) is 311 Å². The van der Waals surface area contributed by atoms with Gasteiger partial charge in [-0.3, -0.25) is 18.6 Å². The number of hydrogen-bond acceptors (Lipinski definition) is 8. The van der Waals surface area contributed by atoms with Gasteiger partial charge in [-0.15, -0.1) is 0 Å². The molecule has 0 saturated carbocycles. The van der Waals surface area contributed by atoms with Crippen LogP contribution in [0.1, 0.15) is 335 Å². The molecule has 0 aliphatic heterocycles. The summed E-state index contributed by atoms with van der Waals surface area (Å²) in [7, 11) is -4.40. The zero-order chi connectivity index (χ0) is 58.7. The minimum atomic E-state index is -4.40. The number of hydrogen-bond donors (Lipinski definition) is 2. The Morgan fingerprint density at radius 1 is 0.383 bits per heavy atom. The van der Waals surface area contributed by atoms with Gasteiger partial charge in [-0.25, -0.2) is 4.57 Å². The summed E-state index contributed by atoms with van der Waals surface area (Å²) in [6.45, 7) is 3.67. The lowest BCUT2D eigenvalue weighted by Crippen LogP contribution is -2.29. The van der Waals surface area contributed by atoms with Crippen molar-refractivity contribution in [2.24, 2.45) is 5.73 Å². The molecule has 3 N–H and O–H groups in total. The van der Waals surface area contributed by atoms with Gasteiger partial charge in [-0.05, 0) is 83.5 Å². The molecule has 0 saturated heterocycles. The summed E-state index contributed by atoms with van der Waals surface area (Å²) < 4.78 is 33.2. The number of phosphoric acid groups is 1. The number of allylic oxidation sites excluding steroid dienone is 12. The zero-order valence-corrected chi connectivity index (χ0v) is 53.9. The van der Waals surface area contributed by atoms with Crippen molar-refractivity contribution in [3.05, 3.63) is 72.9 Å². The Labute approximate surface area is 501 Å². The van der Waals surface area contributed by atoms with Gasteiger partial charge in [-0.2, -0.15) is 0 Å². The molecule has 0 aromatic carbocycles. The van der Waals surface area contributed by atoms with Crippen LogP contribution in [-0.4, -0.2) is 49.3 Å². The third-order valence-corrected chi connectivity index (χ3v) is 16.1. The number of phosphoric ester groups is 1. The van der Waals surface area contributed by atoms with Gasteiger partial charge in [0, 0.05) is 19.4 Å². The molecule has 0 aliphatic rings. The van der Waals surface area contributed by atoms with Crippen LogP contribution in [0, 0.1) is 0 Å². The van der Waals surface area contributed by atoms with Crippen LogP contribution in [0.5, 0.6) is 0 Å². The van der Waals surface area contributed by atoms with Gasteiger partial charge in [0.05, 0.1) is 13.2 Å². The molecule has 0 aromatic heterocycles. The highest BCUT2D eigenvalue weighted by Gasteiger charge is 2.26. The largest absolute Gasteiger partial charge is 0.472 e. The molecule has 2 unspecified atom stereocenters. The van der Waals surface area contributed by atoms with Crippen molar-refractivity contribution >= 4 is 19.8 Å². The molecule has 2 atom stereocenters. The van der Waals surface area contributed by atoms with Crippen molar-refractivity contribution in [1.29, 1.82) is 0 Å². The predicted molar refractivity (Wildman–Crippen MR) is 349 cm³/mol. The van der Waals surface area contributed by atoms with E-state index in [0.29, 0.717) is 6.42 Å². The molecule has 10 heteroatoms. The number of ether oxygens (including phenoxy) is 2. The lowest BCUT2D eigenvalue weighted by atomic mass is 10.0. The van der Waals surface area contributed by atoms with E-state index in [1.807, 2.05) is 0 Å². The predicted octanol–water partition coefficient (Wildman–Crippen LogP) is 22.4. The third-order valence-electron chi connectivity index (χ3n) is 15.1. The van der Waals surface area contributed by atoms with Crippen LogP contribution in [0.2, 0.25) is 0 Å². The van der Waals surface area contributed by atoms with Crippen LogP contribution >= 0.6 is 7.82 Å². The van der Waals surface area contributed by atoms with Crippen LogP contribution in [0.4, 0.5) is 0 Å². The van der Waals surface area contributed by atoms with E-state index in [-0.39, 0.29) is 38.6 Å². The highest BCUT2D eigenvalue weighted by molar-refractivity contribution is 7.47. The maximum Gasteiger partial charge on any atom is 0.472 e. The fourth-order valence-corrected chi connectivity index (χ4v) is 10.8. The van der Waals surface area contributed by atoms with Crippen LogP contribution < -0.4 is 5.73 Å². The van der Waals surface area contributed by atoms with Crippen molar-refractivity contribution in [3.8, 4) is 0 Å². The van der Waals surface area contributed by atoms with Crippen LogP contribution in [0.25, 0.3) is 0 Å². The van der Waals surface area contributed by atoms with Crippen molar-refractivity contribution in [1.82, 2.24) is 0 Å². The molecular weight excluding hydrogens is 1030 g/mol. The van der Waals surface area contributed by atoms with Gasteiger partial charge < -0.3 is 20.1 Å². The van der Waals surface area contributed by atoms with Crippen LogP contribution in [0.15, 0.2) is 72.9 Å². The minimum absolute atomic E-state index is 0.0519. The number of nitrogens with two attached hydrogens (primary N) is 1. The maximum atomic E-state index is 12.8. The molecule has 81 heavy (non-hydrogen) atoms. The average Bonchev–Trinajstić information content (AvgIpc) is 3.46. The summed E-state index contributed by atoms with van der Waals surface area (Å²) in [5.41, 5.74) is 5.40. The van der Waals surface area contributed by atoms with E-state index >= 15 is 0 Å². The van der Waals surface area contributed by atoms with E-state index in [2.05, 4.69) is 86.8 Å². The molecule has 0 aromatic rings. The SMILES string of the molecule is CC/C=C\C/C=C\C/C=C\C/C=C\C/C=C\CCCCCCCCCCCCCC(=O)OC(COC(=O)CCCCCCCCCCCCCCCCCCCCCCC/C=C\CCCCCCCCCC)COP(=O)(O)OCCN. The Morgan fingerprint density at radius 2 is 0.679 bits per heavy atom. The van der Waals surface area contributed by atoms with E-state index in [0.717, 1.165) is 77.0 Å². The van der Waals surface area contributed by atoms with E-state index < -0.39 is 26.5 Å². The summed E-state index contributed by atoms with van der Waals surface area (Å²) in [4.78, 5) is 35.3. The molecule has 9 nitrogen and oxygen atoms in total. The zero-order valence-electron chi connectivity index (χ0n) is 53.0. The topological polar surface area (TPSA) is 134 Å². The first-order valence-corrected chi connectivity index (χ1v) is 35.9. The highest BCUT2D eigenvalue weighted by Crippen LogP contribution is 2.43. The maximum absolute atomic E-state index is 12.8. The normalized spacial score (nSPS) is 13.4. The molecule has 0 heterocycles. The van der Waals surface area contributed by atoms with Crippen LogP contribution in [0.3, 0.4) is 0 Å². The second kappa shape index (κ2) is 66.6. The summed E-state index contributed by atoms with van der Waals surface area (Å²) in [6, 6.07) is 0. The van der Waals surface area contributed by atoms with Gasteiger partial charge in [0.1, 0.15) is 6.61 Å². The first kappa shape index (κ1) is 78.5. The number of carbonyl (C=O) groups excluding carboxylic acids is 2. The van der Waals surface area contributed by atoms with Gasteiger partial charge in [0.15, 0.2) is 6.10 Å². The summed E-state index contributed by atoms with van der Waals surface area (Å²) in [6.07, 6.45) is 87.1. The Balaban J connectivity index is 3.85. The van der Waals surface area contributed by atoms with Gasteiger partial charge in [0.25, 0.3) is 0 Å². The van der Waals surface area contributed by atoms with Crippen molar-refractivity contribution in [3.63, 3.8) is 0 Å². The van der Waals surface area contributed by atoms with Crippen LogP contribution in [-0.2, 0) is 32.7 Å². The highest BCUT2D eigenvalue weighted by atomic mass is 31.2. The first-order chi connectivity index (χ1) is 39.8. The fraction of sp³-hybridized carbons (Fsp3) is 0.803. The molecule has 0 spiro atoms. The van der Waals surface area contributed by atoms with Crippen molar-refractivity contribution < 1.29 is 37.6 Å². The standard InChI is InChI=1S/C71H130NO8P/c1-3-5-7-9-11-13-15-17-19-21-23-25-27-29-31-32-33-34-35-36-38-39-41-43-45-47-49-51-53-55-57-59-61-63-70(73)77-67-69(68-79-81(75,76)78-66-65-72)80-71(74)64-62-60-58-56-54-52-50-48-46-44-42-40-37-30-28-26-24-22-20-18-16-14-12-10-8-6-4-2/h6,8,12,14,18,20-21,23-24,26,30,37,69H,3-5,7,9-11,13,15-17,19,22,25,27-29,31-36,38-68,72H2,1-2H3,(H,75,76)/b8-6-,14-12-,20-18-,23-21-,26-24-,37-30-. The molecule has 0 aliphatic carbocycles. The average molecular weight is 1160 g/mol. The quantitative estimate of drug-likeness (QED) is 0.0264. The van der Waals surface area contributed by atoms with E-state index in [1.165, 1.54) is 225 Å². The molecule has 0 rings (SSSR count). The molecule has 0 radical (unpaired) electrons. The lowest BCUT2D eigenvalue weighted by Gasteiger charge is -2.19. The van der Waals surface area contributed by atoms with Gasteiger partial charge >= 0.3 is 19.8 Å². The molecule has 0 amide bonds. The monoisotopic (exact) mass is 1160 g/mol. The van der Waals surface area contributed by atoms with Crippen molar-refractivity contribution in [2.75, 3.05) is 26.4 Å². The summed E-state index contributed by atoms with van der Waals surface area (Å²) in [5.74, 6) is -0.819. The summed E-state index contributed by atoms with van der Waals surface area (Å²) in [5, 5.41) is 0. The smallest absolute Gasteiger partial charge is 0.462 e. The number of rotatable bonds is 65. The van der Waals surface area contributed by atoms with Crippen molar-refractivity contribution in [2.45, 2.75) is 341 Å². The molecule has 0 bridgehead atoms. The lowest BCUT2D eigenvalue weighted by molar-refractivity contribution is -0.161. The second-order valence-corrected chi connectivity index (χ2v) is 24.5. The minimum Gasteiger partial charge on any atom is -0.462 e. The molecule has 0 fully saturated rings. The van der Waals surface area contributed by atoms with Gasteiger partial charge in [0.2, 0.25) is 0 Å². The van der Waals surface area contributed by atoms with E-state index in [1.54, 1.807) is 0 Å². The fourth-order valence-electron chi connectivity index (χ4n) is 10.0. The summed E-state index contributed by atoms with van der Waals surface area (Å²) >= 11 is 0. The number of carbonyl (C=O) groups is 2. The Bertz CT molecular complexity index is 1560. The Hall–Kier alpha value is -2.55. The number of unbranched alkanes of at least 4 members (excludes halogenated alkanes) is 40. The number of esters is 2. The van der Waals surface area contributed by atoms with E-state index in [9.17, 15) is 19.0 Å². The molecular formula is C71H130NO8P. The Morgan fingerprint density at radius 3 is 1.02 bits per heavy atom. The Kier molecular flexibility index (Phi) is 64.5.